The van der Waals surface area contributed by atoms with Gasteiger partial charge in [0.15, 0.2) is 5.78 Å². The molecule has 1 heteroatoms. The zero-order valence-electron chi connectivity index (χ0n) is 9.83. The van der Waals surface area contributed by atoms with Gasteiger partial charge in [-0.25, -0.2) is 0 Å². The molecule has 2 rings (SSSR count). The van der Waals surface area contributed by atoms with Crippen LogP contribution in [-0.4, -0.2) is 5.78 Å². The van der Waals surface area contributed by atoms with Gasteiger partial charge in [0.05, 0.1) is 0 Å². The fourth-order valence-electron chi connectivity index (χ4n) is 2.58. The molecule has 1 aromatic carbocycles. The molecule has 0 fully saturated rings. The summed E-state index contributed by atoms with van der Waals surface area (Å²) >= 11 is 0. The molecule has 0 N–H and O–H groups in total. The Hall–Kier alpha value is -1.37. The molecule has 1 unspecified atom stereocenters. The summed E-state index contributed by atoms with van der Waals surface area (Å²) in [4.78, 5) is 12.5. The van der Waals surface area contributed by atoms with Gasteiger partial charge in [-0.3, -0.25) is 4.79 Å². The Kier molecular flexibility index (Phi) is 2.95. The molecule has 0 aliphatic heterocycles. The van der Waals surface area contributed by atoms with Crippen LogP contribution in [0.25, 0.3) is 0 Å². The number of aryl methyl sites for hydroxylation is 1. The molecule has 0 amide bonds. The first-order valence-corrected chi connectivity index (χ1v) is 5.91. The van der Waals surface area contributed by atoms with Crippen molar-refractivity contribution < 1.29 is 4.79 Å². The molecule has 0 aromatic heterocycles. The summed E-state index contributed by atoms with van der Waals surface area (Å²) in [5, 5.41) is 0. The van der Waals surface area contributed by atoms with Gasteiger partial charge in [-0.15, -0.1) is 6.58 Å². The van der Waals surface area contributed by atoms with Crippen molar-refractivity contribution in [2.45, 2.75) is 32.6 Å². The van der Waals surface area contributed by atoms with Crippen molar-refractivity contribution in [3.63, 3.8) is 0 Å². The van der Waals surface area contributed by atoms with Crippen LogP contribution in [0.15, 0.2) is 36.9 Å². The van der Waals surface area contributed by atoms with Gasteiger partial charge in [0.25, 0.3) is 0 Å². The van der Waals surface area contributed by atoms with Gasteiger partial charge >= 0.3 is 0 Å². The summed E-state index contributed by atoms with van der Waals surface area (Å²) in [6, 6.07) is 8.01. The molecular weight excluding hydrogens is 196 g/mol. The van der Waals surface area contributed by atoms with E-state index in [1.807, 2.05) is 24.3 Å². The molecule has 0 radical (unpaired) electrons. The predicted octanol–water partition coefficient (Wildman–Crippen LogP) is 3.79. The molecule has 0 saturated heterocycles. The number of hydrogen-bond donors (Lipinski definition) is 0. The lowest BCUT2D eigenvalue weighted by molar-refractivity contribution is 0.0809. The van der Waals surface area contributed by atoms with Crippen molar-refractivity contribution in [1.29, 1.82) is 0 Å². The highest BCUT2D eigenvalue weighted by Crippen LogP contribution is 2.36. The Morgan fingerprint density at radius 1 is 1.44 bits per heavy atom. The van der Waals surface area contributed by atoms with E-state index in [-0.39, 0.29) is 5.41 Å². The van der Waals surface area contributed by atoms with Gasteiger partial charge in [0.2, 0.25) is 0 Å². The summed E-state index contributed by atoms with van der Waals surface area (Å²) in [6.45, 7) is 5.84. The number of Topliss-reactive ketones (excluding diaryl/α,β-unsaturated/α-hetero) is 1. The minimum Gasteiger partial charge on any atom is -0.294 e. The van der Waals surface area contributed by atoms with Crippen LogP contribution in [0.5, 0.6) is 0 Å². The smallest absolute Gasteiger partial charge is 0.169 e. The molecule has 1 aliphatic carbocycles. The zero-order valence-corrected chi connectivity index (χ0v) is 9.83. The van der Waals surface area contributed by atoms with Gasteiger partial charge in [-0.1, -0.05) is 37.3 Å². The SMILES string of the molecule is C=CCC1(C)CCCc2ccccc2C1=O. The fraction of sp³-hybridized carbons (Fsp3) is 0.400. The van der Waals surface area contributed by atoms with Gasteiger partial charge in [0.1, 0.15) is 0 Å². The predicted molar refractivity (Wildman–Crippen MR) is 66.6 cm³/mol. The Bertz CT molecular complexity index is 419. The highest BCUT2D eigenvalue weighted by Gasteiger charge is 2.35. The highest BCUT2D eigenvalue weighted by molar-refractivity contribution is 6.01. The van der Waals surface area contributed by atoms with Gasteiger partial charge in [-0.05, 0) is 31.2 Å². The number of ketones is 1. The van der Waals surface area contributed by atoms with Gasteiger partial charge in [0, 0.05) is 11.0 Å². The standard InChI is InChI=1S/C15H18O/c1-3-10-15(2)11-6-8-12-7-4-5-9-13(12)14(15)16/h3-5,7,9H,1,6,8,10-11H2,2H3. The van der Waals surface area contributed by atoms with Crippen molar-refractivity contribution in [3.8, 4) is 0 Å². The number of carbonyl (C=O) groups excluding carboxylic acids is 1. The van der Waals surface area contributed by atoms with Crippen LogP contribution in [0, 0.1) is 5.41 Å². The Labute approximate surface area is 97.2 Å². The second-order valence-corrected chi connectivity index (χ2v) is 4.89. The summed E-state index contributed by atoms with van der Waals surface area (Å²) < 4.78 is 0. The van der Waals surface area contributed by atoms with Crippen molar-refractivity contribution in [3.05, 3.63) is 48.0 Å². The quantitative estimate of drug-likeness (QED) is 0.540. The average molecular weight is 214 g/mol. The fourth-order valence-corrected chi connectivity index (χ4v) is 2.58. The molecule has 84 valence electrons. The lowest BCUT2D eigenvalue weighted by Gasteiger charge is -2.25. The maximum absolute atomic E-state index is 12.5. The lowest BCUT2D eigenvalue weighted by Crippen LogP contribution is -2.26. The topological polar surface area (TPSA) is 17.1 Å². The summed E-state index contributed by atoms with van der Waals surface area (Å²) in [7, 11) is 0. The Balaban J connectivity index is 2.44. The number of fused-ring (bicyclic) bond motifs is 1. The summed E-state index contributed by atoms with van der Waals surface area (Å²) in [6.07, 6.45) is 5.72. The van der Waals surface area contributed by atoms with E-state index in [4.69, 9.17) is 0 Å². The van der Waals surface area contributed by atoms with Gasteiger partial charge < -0.3 is 0 Å². The van der Waals surface area contributed by atoms with E-state index in [9.17, 15) is 4.79 Å². The largest absolute Gasteiger partial charge is 0.294 e. The second kappa shape index (κ2) is 4.25. The molecule has 1 aromatic rings. The number of hydrogen-bond acceptors (Lipinski definition) is 1. The number of allylic oxidation sites excluding steroid dienone is 1. The third-order valence-electron chi connectivity index (χ3n) is 3.58. The van der Waals surface area contributed by atoms with Gasteiger partial charge in [-0.2, -0.15) is 0 Å². The molecule has 1 atom stereocenters. The van der Waals surface area contributed by atoms with Crippen LogP contribution < -0.4 is 0 Å². The zero-order chi connectivity index (χ0) is 11.6. The highest BCUT2D eigenvalue weighted by atomic mass is 16.1. The van der Waals surface area contributed by atoms with Crippen LogP contribution in [0.1, 0.15) is 42.1 Å². The summed E-state index contributed by atoms with van der Waals surface area (Å²) in [5.41, 5.74) is 1.89. The Morgan fingerprint density at radius 3 is 2.94 bits per heavy atom. The van der Waals surface area contributed by atoms with E-state index < -0.39 is 0 Å². The first-order chi connectivity index (χ1) is 7.67. The number of benzene rings is 1. The van der Waals surface area contributed by atoms with Crippen LogP contribution in [0.3, 0.4) is 0 Å². The third kappa shape index (κ3) is 1.82. The lowest BCUT2D eigenvalue weighted by atomic mass is 9.77. The van der Waals surface area contributed by atoms with E-state index in [1.165, 1.54) is 5.56 Å². The first-order valence-electron chi connectivity index (χ1n) is 5.91. The Morgan fingerprint density at radius 2 is 2.19 bits per heavy atom. The minimum atomic E-state index is -0.242. The molecule has 0 heterocycles. The molecular formula is C15H18O. The minimum absolute atomic E-state index is 0.242. The molecule has 0 spiro atoms. The maximum Gasteiger partial charge on any atom is 0.169 e. The van der Waals surface area contributed by atoms with E-state index in [1.54, 1.807) is 0 Å². The summed E-state index contributed by atoms with van der Waals surface area (Å²) in [5.74, 6) is 0.292. The van der Waals surface area contributed by atoms with Crippen LogP contribution in [-0.2, 0) is 6.42 Å². The maximum atomic E-state index is 12.5. The van der Waals surface area contributed by atoms with Crippen LogP contribution in [0.4, 0.5) is 0 Å². The average Bonchev–Trinajstić information content (AvgIpc) is 2.40. The second-order valence-electron chi connectivity index (χ2n) is 4.89. The molecule has 16 heavy (non-hydrogen) atoms. The van der Waals surface area contributed by atoms with E-state index in [2.05, 4.69) is 19.6 Å². The van der Waals surface area contributed by atoms with Crippen molar-refractivity contribution in [2.75, 3.05) is 0 Å². The third-order valence-corrected chi connectivity index (χ3v) is 3.58. The molecule has 1 aliphatic rings. The number of rotatable bonds is 2. The van der Waals surface area contributed by atoms with E-state index >= 15 is 0 Å². The van der Waals surface area contributed by atoms with Crippen molar-refractivity contribution >= 4 is 5.78 Å². The number of carbonyl (C=O) groups is 1. The van der Waals surface area contributed by atoms with E-state index in [0.29, 0.717) is 5.78 Å². The van der Waals surface area contributed by atoms with Crippen LogP contribution >= 0.6 is 0 Å². The monoisotopic (exact) mass is 214 g/mol. The molecule has 0 bridgehead atoms. The van der Waals surface area contributed by atoms with Crippen LogP contribution in [0.2, 0.25) is 0 Å². The van der Waals surface area contributed by atoms with E-state index in [0.717, 1.165) is 31.2 Å². The molecule has 1 nitrogen and oxygen atoms in total. The first kappa shape index (κ1) is 11.1. The molecule has 0 saturated carbocycles. The van der Waals surface area contributed by atoms with Crippen molar-refractivity contribution in [2.24, 2.45) is 5.41 Å². The van der Waals surface area contributed by atoms with Crippen molar-refractivity contribution in [1.82, 2.24) is 0 Å². The normalized spacial score (nSPS) is 24.7.